The van der Waals surface area contributed by atoms with Gasteiger partial charge in [-0.1, -0.05) is 44.1 Å². The molecule has 0 aromatic heterocycles. The Morgan fingerprint density at radius 3 is 2.27 bits per heavy atom. The first-order chi connectivity index (χ1) is 17.5. The lowest BCUT2D eigenvalue weighted by atomic mass is 9.68. The average Bonchev–Trinajstić information content (AvgIpc) is 2.84. The number of aryl methyl sites for hydroxylation is 2. The van der Waals surface area contributed by atoms with Gasteiger partial charge in [0.25, 0.3) is 5.91 Å². The summed E-state index contributed by atoms with van der Waals surface area (Å²) in [5.74, 6) is -0.278. The van der Waals surface area contributed by atoms with Crippen molar-refractivity contribution in [2.24, 2.45) is 5.92 Å². The maximum Gasteiger partial charge on any atom is 0.256 e. The minimum atomic E-state index is -0.299. The molecule has 0 heterocycles. The van der Waals surface area contributed by atoms with Crippen molar-refractivity contribution in [1.82, 2.24) is 0 Å². The van der Waals surface area contributed by atoms with Crippen LogP contribution in [0.1, 0.15) is 74.7 Å². The summed E-state index contributed by atoms with van der Waals surface area (Å²) < 4.78 is 0. The summed E-state index contributed by atoms with van der Waals surface area (Å²) in [5, 5.41) is 4.32. The van der Waals surface area contributed by atoms with Gasteiger partial charge in [-0.3, -0.25) is 9.59 Å². The molecular formula is C32H32BNO3. The number of carbonyl (C=O) groups is 3. The van der Waals surface area contributed by atoms with E-state index in [1.54, 1.807) is 12.1 Å². The van der Waals surface area contributed by atoms with Gasteiger partial charge < -0.3 is 10.1 Å². The monoisotopic (exact) mass is 489 g/mol. The number of rotatable bonds is 6. The second-order valence-electron chi connectivity index (χ2n) is 10.4. The summed E-state index contributed by atoms with van der Waals surface area (Å²) in [6, 6.07) is 9.30. The molecule has 1 amide bonds. The van der Waals surface area contributed by atoms with Crippen LogP contribution >= 0.6 is 0 Å². The fraction of sp³-hybridized carbons (Fsp3) is 0.281. The first-order valence-corrected chi connectivity index (χ1v) is 12.6. The van der Waals surface area contributed by atoms with Crippen molar-refractivity contribution in [2.75, 3.05) is 5.32 Å². The predicted molar refractivity (Wildman–Crippen MR) is 152 cm³/mol. The van der Waals surface area contributed by atoms with Gasteiger partial charge in [0.2, 0.25) is 0 Å². The van der Waals surface area contributed by atoms with Crippen LogP contribution in [0.5, 0.6) is 0 Å². The molecule has 4 rings (SSSR count). The topological polar surface area (TPSA) is 63.2 Å². The summed E-state index contributed by atoms with van der Waals surface area (Å²) in [4.78, 5) is 37.2. The zero-order chi connectivity index (χ0) is 27.2. The van der Waals surface area contributed by atoms with E-state index in [0.29, 0.717) is 27.5 Å². The van der Waals surface area contributed by atoms with Crippen LogP contribution in [-0.2, 0) is 4.79 Å². The highest BCUT2D eigenvalue weighted by atomic mass is 16.1. The number of anilines is 1. The Balaban J connectivity index is 2.01. The molecule has 1 atom stereocenters. The summed E-state index contributed by atoms with van der Waals surface area (Å²) in [5.41, 5.74) is 9.99. The molecule has 0 spiro atoms. The quantitative estimate of drug-likeness (QED) is 0.414. The molecule has 4 nitrogen and oxygen atoms in total. The van der Waals surface area contributed by atoms with Gasteiger partial charge in [-0.2, -0.15) is 0 Å². The second kappa shape index (κ2) is 9.97. The van der Waals surface area contributed by atoms with Crippen molar-refractivity contribution in [3.8, 4) is 11.1 Å². The Morgan fingerprint density at radius 2 is 1.70 bits per heavy atom. The molecule has 186 valence electrons. The fourth-order valence-electron chi connectivity index (χ4n) is 5.77. The predicted octanol–water partition coefficient (Wildman–Crippen LogP) is 4.35. The van der Waals surface area contributed by atoms with Crippen LogP contribution in [-0.4, -0.2) is 26.3 Å². The van der Waals surface area contributed by atoms with Gasteiger partial charge in [-0.05, 0) is 101 Å². The number of amides is 1. The Bertz CT molecular complexity index is 1560. The normalized spacial score (nSPS) is 14.2. The minimum Gasteiger partial charge on any atom is -0.322 e. The van der Waals surface area contributed by atoms with Gasteiger partial charge >= 0.3 is 0 Å². The SMILES string of the molecule is [B]c1cc(C(=O)Nc2cc(C)c(C)c(C)c2)c(=C)c2c1-c1ccc(C=O)c(C)c1[C@H](C(C)C)C=2CC=O. The first-order valence-electron chi connectivity index (χ1n) is 12.6. The number of benzene rings is 3. The van der Waals surface area contributed by atoms with Gasteiger partial charge in [0.05, 0.1) is 0 Å². The molecular weight excluding hydrogens is 457 g/mol. The highest BCUT2D eigenvalue weighted by molar-refractivity contribution is 6.37. The third-order valence-corrected chi connectivity index (χ3v) is 7.83. The zero-order valence-corrected chi connectivity index (χ0v) is 22.4. The minimum absolute atomic E-state index is 0.117. The summed E-state index contributed by atoms with van der Waals surface area (Å²) in [6.45, 7) is 16.6. The lowest BCUT2D eigenvalue weighted by molar-refractivity contribution is -0.107. The fourth-order valence-corrected chi connectivity index (χ4v) is 5.77. The number of hydrogen-bond acceptors (Lipinski definition) is 3. The number of aldehydes is 2. The third-order valence-electron chi connectivity index (χ3n) is 7.83. The molecule has 37 heavy (non-hydrogen) atoms. The summed E-state index contributed by atoms with van der Waals surface area (Å²) >= 11 is 0. The molecule has 3 aromatic carbocycles. The average molecular weight is 489 g/mol. The molecule has 0 saturated heterocycles. The van der Waals surface area contributed by atoms with Crippen molar-refractivity contribution >= 4 is 49.6 Å². The summed E-state index contributed by atoms with van der Waals surface area (Å²) in [7, 11) is 6.65. The molecule has 1 aliphatic carbocycles. The highest BCUT2D eigenvalue weighted by Gasteiger charge is 2.32. The van der Waals surface area contributed by atoms with Crippen molar-refractivity contribution < 1.29 is 14.4 Å². The number of fused-ring (bicyclic) bond motifs is 3. The van der Waals surface area contributed by atoms with E-state index < -0.39 is 0 Å². The highest BCUT2D eigenvalue weighted by Crippen LogP contribution is 2.43. The largest absolute Gasteiger partial charge is 0.322 e. The first kappa shape index (κ1) is 26.3. The maximum absolute atomic E-state index is 13.5. The van der Waals surface area contributed by atoms with Crippen LogP contribution in [0.2, 0.25) is 0 Å². The van der Waals surface area contributed by atoms with E-state index in [1.165, 1.54) is 5.56 Å². The number of carbonyl (C=O) groups excluding carboxylic acids is 3. The Kier molecular flexibility index (Phi) is 7.10. The lowest BCUT2D eigenvalue weighted by Gasteiger charge is -2.34. The van der Waals surface area contributed by atoms with Gasteiger partial charge in [-0.25, -0.2) is 0 Å². The maximum atomic E-state index is 13.5. The van der Waals surface area contributed by atoms with Crippen LogP contribution in [0.25, 0.3) is 23.3 Å². The molecule has 1 N–H and O–H groups in total. The molecule has 5 heteroatoms. The molecule has 0 fully saturated rings. The van der Waals surface area contributed by atoms with Gasteiger partial charge in [0, 0.05) is 29.2 Å². The summed E-state index contributed by atoms with van der Waals surface area (Å²) in [6.07, 6.45) is 1.93. The number of nitrogens with one attached hydrogen (secondary N) is 1. The van der Waals surface area contributed by atoms with E-state index in [2.05, 4.69) is 32.7 Å². The standard InChI is InChI=1S/C32H32BNO3/c1-16(2)28-25(10-11-35)30-21(7)26(32(37)34-23-12-17(3)19(5)18(4)13-23)14-27(33)31(30)24-9-8-22(15-36)20(6)29(24)28/h8-9,11-16,28H,7,10H2,1-6H3,(H,34,37)/t28-/m1/s1. The van der Waals surface area contributed by atoms with Crippen molar-refractivity contribution in [3.05, 3.63) is 79.7 Å². The van der Waals surface area contributed by atoms with Gasteiger partial charge in [0.1, 0.15) is 20.4 Å². The van der Waals surface area contributed by atoms with Gasteiger partial charge in [0.15, 0.2) is 0 Å². The van der Waals surface area contributed by atoms with Crippen LogP contribution in [0.15, 0.2) is 30.3 Å². The van der Waals surface area contributed by atoms with Crippen LogP contribution in [0.4, 0.5) is 5.69 Å². The Morgan fingerprint density at radius 1 is 1.05 bits per heavy atom. The van der Waals surface area contributed by atoms with E-state index >= 15 is 0 Å². The molecule has 0 aliphatic heterocycles. The molecule has 2 radical (unpaired) electrons. The van der Waals surface area contributed by atoms with E-state index in [0.717, 1.165) is 56.7 Å². The van der Waals surface area contributed by atoms with E-state index in [9.17, 15) is 14.4 Å². The molecule has 0 unspecified atom stereocenters. The van der Waals surface area contributed by atoms with Crippen LogP contribution < -0.4 is 21.2 Å². The van der Waals surface area contributed by atoms with E-state index in [-0.39, 0.29) is 24.2 Å². The van der Waals surface area contributed by atoms with Crippen LogP contribution in [0, 0.1) is 33.6 Å². The van der Waals surface area contributed by atoms with Crippen LogP contribution in [0.3, 0.4) is 0 Å². The molecule has 0 bridgehead atoms. The Labute approximate surface area is 219 Å². The second-order valence-corrected chi connectivity index (χ2v) is 10.4. The lowest BCUT2D eigenvalue weighted by Crippen LogP contribution is -2.43. The molecule has 1 aliphatic rings. The third kappa shape index (κ3) is 4.37. The zero-order valence-electron chi connectivity index (χ0n) is 22.4. The van der Waals surface area contributed by atoms with E-state index in [4.69, 9.17) is 7.85 Å². The van der Waals surface area contributed by atoms with Crippen molar-refractivity contribution in [3.63, 3.8) is 0 Å². The van der Waals surface area contributed by atoms with Crippen molar-refractivity contribution in [2.45, 2.75) is 53.9 Å². The Hall–Kier alpha value is -3.73. The molecule has 0 saturated carbocycles. The van der Waals surface area contributed by atoms with Gasteiger partial charge in [-0.15, -0.1) is 0 Å². The van der Waals surface area contributed by atoms with Crippen molar-refractivity contribution in [1.29, 1.82) is 0 Å². The smallest absolute Gasteiger partial charge is 0.256 e. The number of hydrogen-bond donors (Lipinski definition) is 1. The van der Waals surface area contributed by atoms with E-state index in [1.807, 2.05) is 39.0 Å². The molecule has 3 aromatic rings.